The van der Waals surface area contributed by atoms with Crippen molar-refractivity contribution in [3.05, 3.63) is 23.3 Å². The van der Waals surface area contributed by atoms with E-state index in [2.05, 4.69) is 13.8 Å². The molecule has 106 valence electrons. The zero-order chi connectivity index (χ0) is 14.4. The SMILES string of the molecule is COC(=O)c1cc(OCCCC(C)C)cc(C)c1N. The Kier molecular flexibility index (Phi) is 5.67. The number of rotatable bonds is 6. The van der Waals surface area contributed by atoms with Gasteiger partial charge in [0.15, 0.2) is 0 Å². The van der Waals surface area contributed by atoms with Crippen LogP contribution in [0.4, 0.5) is 5.69 Å². The van der Waals surface area contributed by atoms with Gasteiger partial charge in [0.25, 0.3) is 0 Å². The number of hydrogen-bond donors (Lipinski definition) is 1. The Hall–Kier alpha value is -1.71. The van der Waals surface area contributed by atoms with Crippen molar-refractivity contribution in [2.45, 2.75) is 33.6 Å². The lowest BCUT2D eigenvalue weighted by molar-refractivity contribution is 0.0601. The number of hydrogen-bond acceptors (Lipinski definition) is 4. The first-order valence-electron chi connectivity index (χ1n) is 6.57. The normalized spacial score (nSPS) is 10.6. The van der Waals surface area contributed by atoms with Crippen molar-refractivity contribution in [3.8, 4) is 5.75 Å². The summed E-state index contributed by atoms with van der Waals surface area (Å²) in [5.74, 6) is 0.895. The first-order valence-corrected chi connectivity index (χ1v) is 6.57. The number of esters is 1. The first kappa shape index (κ1) is 15.3. The van der Waals surface area contributed by atoms with E-state index >= 15 is 0 Å². The van der Waals surface area contributed by atoms with E-state index in [4.69, 9.17) is 15.2 Å². The van der Waals surface area contributed by atoms with E-state index in [1.54, 1.807) is 6.07 Å². The van der Waals surface area contributed by atoms with Crippen LogP contribution in [0.5, 0.6) is 5.75 Å². The minimum atomic E-state index is -0.437. The van der Waals surface area contributed by atoms with Crippen LogP contribution in [0, 0.1) is 12.8 Å². The second-order valence-electron chi connectivity index (χ2n) is 5.08. The van der Waals surface area contributed by atoms with Crippen molar-refractivity contribution in [1.29, 1.82) is 0 Å². The molecule has 0 atom stereocenters. The van der Waals surface area contributed by atoms with Crippen molar-refractivity contribution in [2.75, 3.05) is 19.5 Å². The Balaban J connectivity index is 2.74. The van der Waals surface area contributed by atoms with E-state index < -0.39 is 5.97 Å². The van der Waals surface area contributed by atoms with Gasteiger partial charge in [0, 0.05) is 5.69 Å². The predicted octanol–water partition coefficient (Wildman–Crippen LogP) is 3.18. The molecule has 0 amide bonds. The standard InChI is InChI=1S/C15H23NO3/c1-10(2)6-5-7-19-12-8-11(3)14(16)13(9-12)15(17)18-4/h8-10H,5-7,16H2,1-4H3. The van der Waals surface area contributed by atoms with Gasteiger partial charge >= 0.3 is 5.97 Å². The molecule has 0 saturated carbocycles. The topological polar surface area (TPSA) is 61.5 Å². The molecule has 4 heteroatoms. The number of nitrogens with two attached hydrogens (primary N) is 1. The molecular formula is C15H23NO3. The molecule has 0 aromatic heterocycles. The highest BCUT2D eigenvalue weighted by Crippen LogP contribution is 2.25. The third-order valence-corrected chi connectivity index (χ3v) is 2.96. The number of aryl methyl sites for hydroxylation is 1. The molecule has 0 unspecified atom stereocenters. The van der Waals surface area contributed by atoms with Gasteiger partial charge in [0.05, 0.1) is 19.3 Å². The monoisotopic (exact) mass is 265 g/mol. The molecule has 19 heavy (non-hydrogen) atoms. The third kappa shape index (κ3) is 4.47. The number of anilines is 1. The maximum atomic E-state index is 11.6. The van der Waals surface area contributed by atoms with Gasteiger partial charge in [-0.3, -0.25) is 0 Å². The van der Waals surface area contributed by atoms with E-state index in [9.17, 15) is 4.79 Å². The maximum absolute atomic E-state index is 11.6. The fraction of sp³-hybridized carbons (Fsp3) is 0.533. The van der Waals surface area contributed by atoms with E-state index in [1.807, 2.05) is 13.0 Å². The van der Waals surface area contributed by atoms with Gasteiger partial charge in [-0.15, -0.1) is 0 Å². The smallest absolute Gasteiger partial charge is 0.340 e. The highest BCUT2D eigenvalue weighted by molar-refractivity contribution is 5.96. The summed E-state index contributed by atoms with van der Waals surface area (Å²) in [5, 5.41) is 0. The Morgan fingerprint density at radius 2 is 2.05 bits per heavy atom. The van der Waals surface area contributed by atoms with Gasteiger partial charge < -0.3 is 15.2 Å². The summed E-state index contributed by atoms with van der Waals surface area (Å²) in [7, 11) is 1.34. The highest BCUT2D eigenvalue weighted by atomic mass is 16.5. The van der Waals surface area contributed by atoms with Crippen LogP contribution in [0.1, 0.15) is 42.6 Å². The van der Waals surface area contributed by atoms with Crippen LogP contribution in [0.2, 0.25) is 0 Å². The summed E-state index contributed by atoms with van der Waals surface area (Å²) in [4.78, 5) is 11.6. The lowest BCUT2D eigenvalue weighted by Gasteiger charge is -2.12. The summed E-state index contributed by atoms with van der Waals surface area (Å²) in [6, 6.07) is 3.49. The summed E-state index contributed by atoms with van der Waals surface area (Å²) >= 11 is 0. The fourth-order valence-electron chi connectivity index (χ4n) is 1.81. The lowest BCUT2D eigenvalue weighted by Crippen LogP contribution is -2.08. The van der Waals surface area contributed by atoms with Crippen LogP contribution in [0.15, 0.2) is 12.1 Å². The largest absolute Gasteiger partial charge is 0.494 e. The van der Waals surface area contributed by atoms with Crippen LogP contribution < -0.4 is 10.5 Å². The third-order valence-electron chi connectivity index (χ3n) is 2.96. The molecular weight excluding hydrogens is 242 g/mol. The molecule has 1 aromatic carbocycles. The Morgan fingerprint density at radius 3 is 2.63 bits per heavy atom. The molecule has 0 aliphatic carbocycles. The Bertz CT molecular complexity index is 441. The quantitative estimate of drug-likeness (QED) is 0.487. The van der Waals surface area contributed by atoms with Crippen molar-refractivity contribution in [1.82, 2.24) is 0 Å². The van der Waals surface area contributed by atoms with Crippen molar-refractivity contribution in [2.24, 2.45) is 5.92 Å². The summed E-state index contributed by atoms with van der Waals surface area (Å²) in [6.07, 6.45) is 2.12. The predicted molar refractivity (Wildman–Crippen MR) is 76.5 cm³/mol. The molecule has 0 radical (unpaired) electrons. The van der Waals surface area contributed by atoms with E-state index in [0.29, 0.717) is 29.5 Å². The molecule has 0 aliphatic rings. The van der Waals surface area contributed by atoms with E-state index in [0.717, 1.165) is 18.4 Å². The second-order valence-corrected chi connectivity index (χ2v) is 5.08. The molecule has 0 fully saturated rings. The minimum Gasteiger partial charge on any atom is -0.494 e. The van der Waals surface area contributed by atoms with Crippen molar-refractivity contribution < 1.29 is 14.3 Å². The zero-order valence-corrected chi connectivity index (χ0v) is 12.2. The number of carbonyl (C=O) groups excluding carboxylic acids is 1. The van der Waals surface area contributed by atoms with Gasteiger partial charge in [-0.25, -0.2) is 4.79 Å². The molecule has 0 saturated heterocycles. The summed E-state index contributed by atoms with van der Waals surface area (Å²) in [5.41, 5.74) is 7.50. The van der Waals surface area contributed by atoms with Crippen molar-refractivity contribution >= 4 is 11.7 Å². The molecule has 1 aromatic rings. The summed E-state index contributed by atoms with van der Waals surface area (Å²) < 4.78 is 10.4. The second kappa shape index (κ2) is 7.02. The molecule has 4 nitrogen and oxygen atoms in total. The Morgan fingerprint density at radius 1 is 1.37 bits per heavy atom. The van der Waals surface area contributed by atoms with Crippen molar-refractivity contribution in [3.63, 3.8) is 0 Å². The molecule has 1 rings (SSSR count). The number of ether oxygens (including phenoxy) is 2. The van der Waals surface area contributed by atoms with Crippen LogP contribution in [-0.2, 0) is 4.74 Å². The number of nitrogen functional groups attached to an aromatic ring is 1. The molecule has 0 heterocycles. The molecule has 0 spiro atoms. The minimum absolute atomic E-state index is 0.362. The van der Waals surface area contributed by atoms with Crippen LogP contribution >= 0.6 is 0 Å². The first-order chi connectivity index (χ1) is 8.95. The number of methoxy groups -OCH3 is 1. The van der Waals surface area contributed by atoms with Crippen LogP contribution in [0.25, 0.3) is 0 Å². The molecule has 2 N–H and O–H groups in total. The van der Waals surface area contributed by atoms with Gasteiger partial charge in [-0.2, -0.15) is 0 Å². The molecule has 0 bridgehead atoms. The average molecular weight is 265 g/mol. The highest BCUT2D eigenvalue weighted by Gasteiger charge is 2.14. The lowest BCUT2D eigenvalue weighted by atomic mass is 10.1. The van der Waals surface area contributed by atoms with Crippen LogP contribution in [0.3, 0.4) is 0 Å². The molecule has 0 aliphatic heterocycles. The number of benzene rings is 1. The van der Waals surface area contributed by atoms with Gasteiger partial charge in [0.2, 0.25) is 0 Å². The Labute approximate surface area is 114 Å². The average Bonchev–Trinajstić information content (AvgIpc) is 2.37. The van der Waals surface area contributed by atoms with Gasteiger partial charge in [-0.05, 0) is 43.4 Å². The number of carbonyl (C=O) groups is 1. The van der Waals surface area contributed by atoms with Gasteiger partial charge in [-0.1, -0.05) is 13.8 Å². The van der Waals surface area contributed by atoms with E-state index in [1.165, 1.54) is 7.11 Å². The zero-order valence-electron chi connectivity index (χ0n) is 12.2. The maximum Gasteiger partial charge on any atom is 0.340 e. The van der Waals surface area contributed by atoms with E-state index in [-0.39, 0.29) is 0 Å². The van der Waals surface area contributed by atoms with Gasteiger partial charge in [0.1, 0.15) is 5.75 Å². The summed E-state index contributed by atoms with van der Waals surface area (Å²) in [6.45, 7) is 6.86. The van der Waals surface area contributed by atoms with Crippen LogP contribution in [-0.4, -0.2) is 19.7 Å². The fourth-order valence-corrected chi connectivity index (χ4v) is 1.81.